The summed E-state index contributed by atoms with van der Waals surface area (Å²) in [6.07, 6.45) is 1.87. The van der Waals surface area contributed by atoms with Gasteiger partial charge in [0.1, 0.15) is 5.75 Å². The molecule has 6 heteroatoms. The Morgan fingerprint density at radius 2 is 1.92 bits per heavy atom. The van der Waals surface area contributed by atoms with Crippen LogP contribution in [0, 0.1) is 5.92 Å². The molecule has 2 aromatic rings. The minimum Gasteiger partial charge on any atom is -0.497 e. The normalized spacial score (nSPS) is 15.0. The van der Waals surface area contributed by atoms with E-state index in [1.165, 1.54) is 0 Å². The number of likely N-dealkylation sites (tertiary alicyclic amines) is 1. The smallest absolute Gasteiger partial charge is 0.227 e. The van der Waals surface area contributed by atoms with E-state index in [0.717, 1.165) is 16.3 Å². The van der Waals surface area contributed by atoms with Crippen molar-refractivity contribution in [2.45, 2.75) is 19.3 Å². The van der Waals surface area contributed by atoms with Gasteiger partial charge < -0.3 is 15.0 Å². The van der Waals surface area contributed by atoms with Gasteiger partial charge in [-0.1, -0.05) is 6.07 Å². The number of rotatable bonds is 5. The molecule has 1 aromatic heterocycles. The van der Waals surface area contributed by atoms with Crippen LogP contribution in [-0.2, 0) is 16.0 Å². The molecule has 25 heavy (non-hydrogen) atoms. The molecule has 1 N–H and O–H groups in total. The molecule has 0 aliphatic carbocycles. The Hall–Kier alpha value is -2.34. The predicted octanol–water partition coefficient (Wildman–Crippen LogP) is 3.18. The van der Waals surface area contributed by atoms with Crippen LogP contribution in [0.1, 0.15) is 17.7 Å². The maximum Gasteiger partial charge on any atom is 0.227 e. The number of anilines is 1. The molecule has 3 rings (SSSR count). The molecule has 0 spiro atoms. The fourth-order valence-electron chi connectivity index (χ4n) is 2.98. The van der Waals surface area contributed by atoms with Crippen molar-refractivity contribution in [3.63, 3.8) is 0 Å². The lowest BCUT2D eigenvalue weighted by molar-refractivity contribution is -0.133. The zero-order chi connectivity index (χ0) is 17.6. The zero-order valence-corrected chi connectivity index (χ0v) is 15.1. The van der Waals surface area contributed by atoms with Crippen molar-refractivity contribution >= 4 is 28.8 Å². The summed E-state index contributed by atoms with van der Waals surface area (Å²) in [5, 5.41) is 4.93. The second kappa shape index (κ2) is 8.16. The van der Waals surface area contributed by atoms with Gasteiger partial charge >= 0.3 is 0 Å². The summed E-state index contributed by atoms with van der Waals surface area (Å²) in [6, 6.07) is 11.2. The predicted molar refractivity (Wildman–Crippen MR) is 99.0 cm³/mol. The highest BCUT2D eigenvalue weighted by Crippen LogP contribution is 2.22. The molecule has 1 aliphatic rings. The Morgan fingerprint density at radius 1 is 1.20 bits per heavy atom. The first-order chi connectivity index (χ1) is 12.2. The summed E-state index contributed by atoms with van der Waals surface area (Å²) in [6.45, 7) is 1.29. The summed E-state index contributed by atoms with van der Waals surface area (Å²) < 4.78 is 5.11. The quantitative estimate of drug-likeness (QED) is 0.893. The molecule has 0 unspecified atom stereocenters. The largest absolute Gasteiger partial charge is 0.497 e. The summed E-state index contributed by atoms with van der Waals surface area (Å²) in [4.78, 5) is 27.7. The number of methoxy groups -OCH3 is 1. The third kappa shape index (κ3) is 4.60. The van der Waals surface area contributed by atoms with E-state index in [0.29, 0.717) is 32.4 Å². The van der Waals surface area contributed by atoms with Crippen molar-refractivity contribution in [3.8, 4) is 5.75 Å². The molecule has 5 nitrogen and oxygen atoms in total. The number of thiophene rings is 1. The number of nitrogens with zero attached hydrogens (tertiary/aromatic N) is 1. The molecule has 0 bridgehead atoms. The van der Waals surface area contributed by atoms with Crippen LogP contribution < -0.4 is 10.1 Å². The van der Waals surface area contributed by atoms with E-state index in [9.17, 15) is 9.59 Å². The molecule has 0 atom stereocenters. The first-order valence-electron chi connectivity index (χ1n) is 8.41. The van der Waals surface area contributed by atoms with Crippen LogP contribution in [0.3, 0.4) is 0 Å². The van der Waals surface area contributed by atoms with E-state index < -0.39 is 0 Å². The van der Waals surface area contributed by atoms with Crippen molar-refractivity contribution in [2.24, 2.45) is 5.92 Å². The number of ether oxygens (including phenoxy) is 1. The molecule has 1 saturated heterocycles. The molecule has 0 radical (unpaired) electrons. The molecule has 132 valence electrons. The van der Waals surface area contributed by atoms with Gasteiger partial charge in [0.15, 0.2) is 0 Å². The first kappa shape index (κ1) is 17.5. The van der Waals surface area contributed by atoms with Crippen LogP contribution in [0.15, 0.2) is 41.8 Å². The molecular weight excluding hydrogens is 336 g/mol. The number of hydrogen-bond acceptors (Lipinski definition) is 4. The number of carbonyl (C=O) groups is 2. The van der Waals surface area contributed by atoms with Crippen molar-refractivity contribution < 1.29 is 14.3 Å². The SMILES string of the molecule is COc1ccc(NC(=O)C2CCN(C(=O)Cc3cccs3)CC2)cc1. The van der Waals surface area contributed by atoms with E-state index in [1.54, 1.807) is 18.4 Å². The van der Waals surface area contributed by atoms with Crippen LogP contribution in [0.4, 0.5) is 5.69 Å². The highest BCUT2D eigenvalue weighted by molar-refractivity contribution is 7.10. The molecular formula is C19H22N2O3S. The molecule has 0 saturated carbocycles. The highest BCUT2D eigenvalue weighted by atomic mass is 32.1. The van der Waals surface area contributed by atoms with Crippen molar-refractivity contribution in [2.75, 3.05) is 25.5 Å². The fraction of sp³-hybridized carbons (Fsp3) is 0.368. The number of amides is 2. The lowest BCUT2D eigenvalue weighted by Crippen LogP contribution is -2.42. The van der Waals surface area contributed by atoms with Crippen LogP contribution in [0.2, 0.25) is 0 Å². The summed E-state index contributed by atoms with van der Waals surface area (Å²) in [5.41, 5.74) is 0.766. The van der Waals surface area contributed by atoms with Crippen molar-refractivity contribution in [1.29, 1.82) is 0 Å². The topological polar surface area (TPSA) is 58.6 Å². The fourth-order valence-corrected chi connectivity index (χ4v) is 3.68. The lowest BCUT2D eigenvalue weighted by Gasteiger charge is -2.31. The van der Waals surface area contributed by atoms with Crippen LogP contribution in [0.5, 0.6) is 5.75 Å². The average Bonchev–Trinajstić information content (AvgIpc) is 3.15. The maximum atomic E-state index is 12.4. The second-order valence-electron chi connectivity index (χ2n) is 6.13. The van der Waals surface area contributed by atoms with Crippen LogP contribution in [0.25, 0.3) is 0 Å². The van der Waals surface area contributed by atoms with Crippen molar-refractivity contribution in [3.05, 3.63) is 46.7 Å². The average molecular weight is 358 g/mol. The molecule has 1 aliphatic heterocycles. The number of piperidine rings is 1. The Balaban J connectivity index is 1.47. The van der Waals surface area contributed by atoms with E-state index in [1.807, 2.05) is 46.7 Å². The number of nitrogens with one attached hydrogen (secondary N) is 1. The Kier molecular flexibility index (Phi) is 5.71. The van der Waals surface area contributed by atoms with Crippen LogP contribution >= 0.6 is 11.3 Å². The van der Waals surface area contributed by atoms with E-state index in [-0.39, 0.29) is 17.7 Å². The molecule has 1 aromatic carbocycles. The minimum atomic E-state index is -0.0483. The van der Waals surface area contributed by atoms with Gasteiger partial charge in [-0.25, -0.2) is 0 Å². The lowest BCUT2D eigenvalue weighted by atomic mass is 9.95. The third-order valence-corrected chi connectivity index (χ3v) is 5.36. The standard InChI is InChI=1S/C19H22N2O3S/c1-24-16-6-4-15(5-7-16)20-19(23)14-8-10-21(11-9-14)18(22)13-17-3-2-12-25-17/h2-7,12,14H,8-11,13H2,1H3,(H,20,23). The number of benzene rings is 1. The van der Waals surface area contributed by atoms with Gasteiger partial charge in [-0.2, -0.15) is 0 Å². The first-order valence-corrected chi connectivity index (χ1v) is 9.29. The zero-order valence-electron chi connectivity index (χ0n) is 14.2. The molecule has 2 heterocycles. The summed E-state index contributed by atoms with van der Waals surface area (Å²) in [5.74, 6) is 0.885. The van der Waals surface area contributed by atoms with Gasteiger partial charge in [-0.3, -0.25) is 9.59 Å². The van der Waals surface area contributed by atoms with Gasteiger partial charge in [-0.05, 0) is 48.6 Å². The molecule has 2 amide bonds. The summed E-state index contributed by atoms with van der Waals surface area (Å²) in [7, 11) is 1.61. The maximum absolute atomic E-state index is 12.4. The number of hydrogen-bond donors (Lipinski definition) is 1. The second-order valence-corrected chi connectivity index (χ2v) is 7.16. The Morgan fingerprint density at radius 3 is 2.52 bits per heavy atom. The van der Waals surface area contributed by atoms with Gasteiger partial charge in [0, 0.05) is 29.6 Å². The van der Waals surface area contributed by atoms with E-state index >= 15 is 0 Å². The van der Waals surface area contributed by atoms with Gasteiger partial charge in [0.05, 0.1) is 13.5 Å². The van der Waals surface area contributed by atoms with Crippen molar-refractivity contribution in [1.82, 2.24) is 4.90 Å². The van der Waals surface area contributed by atoms with E-state index in [2.05, 4.69) is 5.32 Å². The monoisotopic (exact) mass is 358 g/mol. The minimum absolute atomic E-state index is 0.0236. The third-order valence-electron chi connectivity index (χ3n) is 4.48. The van der Waals surface area contributed by atoms with Gasteiger partial charge in [0.25, 0.3) is 0 Å². The number of carbonyl (C=O) groups excluding carboxylic acids is 2. The van der Waals surface area contributed by atoms with Gasteiger partial charge in [-0.15, -0.1) is 11.3 Å². The molecule has 1 fully saturated rings. The Labute approximate surface area is 151 Å². The summed E-state index contributed by atoms with van der Waals surface area (Å²) >= 11 is 1.60. The van der Waals surface area contributed by atoms with Gasteiger partial charge in [0.2, 0.25) is 11.8 Å². The van der Waals surface area contributed by atoms with E-state index in [4.69, 9.17) is 4.74 Å². The Bertz CT molecular complexity index is 705. The van der Waals surface area contributed by atoms with Crippen LogP contribution in [-0.4, -0.2) is 36.9 Å². The highest BCUT2D eigenvalue weighted by Gasteiger charge is 2.27.